The number of amides is 2. The van der Waals surface area contributed by atoms with Crippen molar-refractivity contribution in [2.75, 3.05) is 12.4 Å². The van der Waals surface area contributed by atoms with Crippen LogP contribution < -0.4 is 15.4 Å². The van der Waals surface area contributed by atoms with E-state index in [1.54, 1.807) is 24.3 Å². The minimum atomic E-state index is -0.787. The number of nitrogens with one attached hydrogen (secondary N) is 2. The van der Waals surface area contributed by atoms with E-state index in [1.807, 2.05) is 6.07 Å². The van der Waals surface area contributed by atoms with E-state index in [4.69, 9.17) is 9.47 Å². The third kappa shape index (κ3) is 6.22. The first-order valence-electron chi connectivity index (χ1n) is 13.2. The van der Waals surface area contributed by atoms with Gasteiger partial charge in [0.1, 0.15) is 23.8 Å². The van der Waals surface area contributed by atoms with Crippen LogP contribution in [-0.2, 0) is 25.7 Å². The fraction of sp³-hybridized carbons (Fsp3) is 0.393. The number of nitrogens with zero attached hydrogens (tertiary/aromatic N) is 2. The first-order valence-corrected chi connectivity index (χ1v) is 14.3. The van der Waals surface area contributed by atoms with E-state index in [0.29, 0.717) is 22.8 Å². The molecule has 1 saturated carbocycles. The van der Waals surface area contributed by atoms with Gasteiger partial charge >= 0.3 is 5.97 Å². The van der Waals surface area contributed by atoms with Gasteiger partial charge in [0.2, 0.25) is 0 Å². The minimum absolute atomic E-state index is 0.0580. The molecule has 0 spiro atoms. The fourth-order valence-corrected chi connectivity index (χ4v) is 6.32. The summed E-state index contributed by atoms with van der Waals surface area (Å²) in [5, 5.41) is 16.7. The topological polar surface area (TPSA) is 140 Å². The van der Waals surface area contributed by atoms with Crippen LogP contribution in [0.1, 0.15) is 37.7 Å². The van der Waals surface area contributed by atoms with E-state index in [1.165, 1.54) is 47.3 Å². The van der Waals surface area contributed by atoms with E-state index < -0.39 is 34.1 Å². The van der Waals surface area contributed by atoms with Crippen molar-refractivity contribution in [2.45, 2.75) is 56.2 Å². The van der Waals surface area contributed by atoms with Crippen LogP contribution >= 0.6 is 11.8 Å². The monoisotopic (exact) mass is 566 g/mol. The average molecular weight is 567 g/mol. The van der Waals surface area contributed by atoms with Crippen molar-refractivity contribution in [1.29, 1.82) is 0 Å². The van der Waals surface area contributed by atoms with Crippen LogP contribution in [0.25, 0.3) is 0 Å². The number of para-hydroxylation sites is 1. The number of ether oxygens (including phenoxy) is 2. The number of carbonyl (C=O) groups excluding carboxylic acids is 3. The second kappa shape index (κ2) is 12.4. The maximum absolute atomic E-state index is 13.4. The maximum atomic E-state index is 13.4. The summed E-state index contributed by atoms with van der Waals surface area (Å²) < 4.78 is 11.1. The van der Waals surface area contributed by atoms with Crippen molar-refractivity contribution < 1.29 is 28.8 Å². The molecule has 3 aliphatic rings. The smallest absolute Gasteiger partial charge is 0.357 e. The van der Waals surface area contributed by atoms with Crippen molar-refractivity contribution in [3.8, 4) is 5.75 Å². The Morgan fingerprint density at radius 2 is 1.77 bits per heavy atom. The lowest BCUT2D eigenvalue weighted by atomic mass is 9.95. The summed E-state index contributed by atoms with van der Waals surface area (Å²) in [5.74, 6) is -0.478. The molecule has 0 aromatic heterocycles. The highest BCUT2D eigenvalue weighted by atomic mass is 32.2. The standard InChI is InChI=1S/C28H30N4O7S/c33-23(16-38-21-9-5-2-6-10-21)30-24-26(34)31-25(22(17-40-27(24)31)29-19-7-3-1-4-8-19)28(35)39-15-18-11-13-20(14-12-18)32(36)37/h2,5-6,9-14,19,24,27,29H,1,3-4,7-8,15-17H2,(H,30,33)/t24-,27-/m1/s1. The Labute approximate surface area is 235 Å². The molecule has 2 atom stereocenters. The van der Waals surface area contributed by atoms with Crippen molar-refractivity contribution in [2.24, 2.45) is 0 Å². The molecule has 2 fully saturated rings. The van der Waals surface area contributed by atoms with Gasteiger partial charge in [0.05, 0.1) is 10.6 Å². The quantitative estimate of drug-likeness (QED) is 0.192. The number of β-lactam (4-membered cyclic amide) rings is 1. The molecule has 2 aliphatic heterocycles. The van der Waals surface area contributed by atoms with E-state index in [2.05, 4.69) is 10.6 Å². The van der Waals surface area contributed by atoms with Crippen LogP contribution in [0.3, 0.4) is 0 Å². The van der Waals surface area contributed by atoms with Gasteiger partial charge in [-0.2, -0.15) is 0 Å². The molecular weight excluding hydrogens is 536 g/mol. The highest BCUT2D eigenvalue weighted by Crippen LogP contribution is 2.40. The third-order valence-electron chi connectivity index (χ3n) is 7.09. The van der Waals surface area contributed by atoms with Crippen molar-refractivity contribution >= 4 is 35.2 Å². The molecule has 210 valence electrons. The zero-order valence-electron chi connectivity index (χ0n) is 21.7. The van der Waals surface area contributed by atoms with Gasteiger partial charge < -0.3 is 20.1 Å². The fourth-order valence-electron chi connectivity index (χ4n) is 5.02. The molecule has 2 aromatic rings. The number of carbonyl (C=O) groups is 3. The molecule has 0 bridgehead atoms. The van der Waals surface area contributed by atoms with Crippen LogP contribution in [0.15, 0.2) is 66.0 Å². The summed E-state index contributed by atoms with van der Waals surface area (Å²) in [6, 6.07) is 14.1. The van der Waals surface area contributed by atoms with Gasteiger partial charge in [-0.05, 0) is 42.7 Å². The first-order chi connectivity index (χ1) is 19.4. The summed E-state index contributed by atoms with van der Waals surface area (Å²) in [5.41, 5.74) is 1.33. The number of thioether (sulfide) groups is 1. The lowest BCUT2D eigenvalue weighted by Gasteiger charge is -2.50. The number of rotatable bonds is 10. The van der Waals surface area contributed by atoms with Gasteiger partial charge in [0.15, 0.2) is 12.3 Å². The molecule has 5 rings (SSSR count). The van der Waals surface area contributed by atoms with Gasteiger partial charge in [-0.15, -0.1) is 11.8 Å². The van der Waals surface area contributed by atoms with E-state index in [-0.39, 0.29) is 30.6 Å². The first kappa shape index (κ1) is 27.5. The molecule has 12 heteroatoms. The lowest BCUT2D eigenvalue weighted by molar-refractivity contribution is -0.384. The van der Waals surface area contributed by atoms with Crippen LogP contribution in [0.4, 0.5) is 5.69 Å². The predicted octanol–water partition coefficient (Wildman–Crippen LogP) is 3.25. The lowest BCUT2D eigenvalue weighted by Crippen LogP contribution is -2.71. The SMILES string of the molecule is O=C(COc1ccccc1)N[C@@H]1C(=O)N2C(C(=O)OCc3ccc([N+](=O)[O-])cc3)=C(NC3CCCCC3)CS[C@H]12. The number of esters is 1. The highest BCUT2D eigenvalue weighted by molar-refractivity contribution is 8.00. The van der Waals surface area contributed by atoms with Crippen molar-refractivity contribution in [1.82, 2.24) is 15.5 Å². The summed E-state index contributed by atoms with van der Waals surface area (Å²) >= 11 is 1.48. The van der Waals surface area contributed by atoms with Gasteiger partial charge in [-0.3, -0.25) is 24.6 Å². The Kier molecular flexibility index (Phi) is 8.54. The van der Waals surface area contributed by atoms with Crippen molar-refractivity contribution in [3.63, 3.8) is 0 Å². The number of nitro groups is 1. The normalized spacial score (nSPS) is 20.7. The highest BCUT2D eigenvalue weighted by Gasteiger charge is 2.54. The van der Waals surface area contributed by atoms with Gasteiger partial charge in [-0.1, -0.05) is 37.5 Å². The molecule has 2 amide bonds. The minimum Gasteiger partial charge on any atom is -0.484 e. The number of fused-ring (bicyclic) bond motifs is 1. The second-order valence-corrected chi connectivity index (χ2v) is 11.0. The summed E-state index contributed by atoms with van der Waals surface area (Å²) in [7, 11) is 0. The van der Waals surface area contributed by atoms with Crippen LogP contribution in [0.2, 0.25) is 0 Å². The molecule has 1 saturated heterocycles. The number of hydrogen-bond donors (Lipinski definition) is 2. The Balaban J connectivity index is 1.27. The van der Waals surface area contributed by atoms with Crippen LogP contribution in [-0.4, -0.2) is 57.4 Å². The van der Waals surface area contributed by atoms with E-state index in [0.717, 1.165) is 25.7 Å². The Hall–Kier alpha value is -4.06. The van der Waals surface area contributed by atoms with E-state index in [9.17, 15) is 24.5 Å². The second-order valence-electron chi connectivity index (χ2n) is 9.86. The summed E-state index contributed by atoms with van der Waals surface area (Å²) in [6.07, 6.45) is 5.34. The Morgan fingerprint density at radius 3 is 2.48 bits per heavy atom. The van der Waals surface area contributed by atoms with E-state index >= 15 is 0 Å². The van der Waals surface area contributed by atoms with Crippen molar-refractivity contribution in [3.05, 3.63) is 81.7 Å². The molecule has 2 N–H and O–H groups in total. The number of nitro benzene ring substituents is 1. The third-order valence-corrected chi connectivity index (χ3v) is 8.37. The summed E-state index contributed by atoms with van der Waals surface area (Å²) in [6.45, 7) is -0.340. The molecule has 0 unspecified atom stereocenters. The zero-order chi connectivity index (χ0) is 28.1. The number of benzene rings is 2. The molecule has 1 aliphatic carbocycles. The van der Waals surface area contributed by atoms with Gasteiger partial charge in [-0.25, -0.2) is 4.79 Å². The Bertz CT molecular complexity index is 1300. The zero-order valence-corrected chi connectivity index (χ0v) is 22.6. The van der Waals surface area contributed by atoms with Gasteiger partial charge in [0, 0.05) is 23.9 Å². The van der Waals surface area contributed by atoms with Gasteiger partial charge in [0.25, 0.3) is 17.5 Å². The molecule has 2 aromatic carbocycles. The van der Waals surface area contributed by atoms with Crippen LogP contribution in [0, 0.1) is 10.1 Å². The van der Waals surface area contributed by atoms with Crippen LogP contribution in [0.5, 0.6) is 5.75 Å². The molecule has 11 nitrogen and oxygen atoms in total. The maximum Gasteiger partial charge on any atom is 0.357 e. The predicted molar refractivity (Wildman–Crippen MR) is 147 cm³/mol. The largest absolute Gasteiger partial charge is 0.484 e. The molecule has 2 heterocycles. The average Bonchev–Trinajstić information content (AvgIpc) is 2.98. The number of hydrogen-bond acceptors (Lipinski definition) is 9. The molecule has 0 radical (unpaired) electrons. The summed E-state index contributed by atoms with van der Waals surface area (Å²) in [4.78, 5) is 51.0. The Morgan fingerprint density at radius 1 is 1.05 bits per heavy atom. The molecular formula is C28H30N4O7S. The molecule has 40 heavy (non-hydrogen) atoms. The number of non-ortho nitro benzene ring substituents is 1.